The molecule has 2 aromatic rings. The van der Waals surface area contributed by atoms with Crippen molar-refractivity contribution in [2.45, 2.75) is 138 Å². The van der Waals surface area contributed by atoms with Crippen molar-refractivity contribution in [2.24, 2.45) is 50.7 Å². The molecule has 1 amide bonds. The van der Waals surface area contributed by atoms with Crippen LogP contribution in [0.2, 0.25) is 0 Å². The fourth-order valence-corrected chi connectivity index (χ4v) is 12.9. The van der Waals surface area contributed by atoms with Crippen LogP contribution in [0.4, 0.5) is 0 Å². The van der Waals surface area contributed by atoms with Gasteiger partial charge in [-0.15, -0.1) is 10.2 Å². The summed E-state index contributed by atoms with van der Waals surface area (Å²) >= 11 is 0. The molecule has 0 radical (unpaired) electrons. The highest BCUT2D eigenvalue weighted by atomic mass is 16.5. The number of fused-ring (bicyclic) bond motifs is 7. The largest absolute Gasteiger partial charge is 0.481 e. The first kappa shape index (κ1) is 38.5. The lowest BCUT2D eigenvalue weighted by Gasteiger charge is -2.72. The molecule has 0 spiro atoms. The molecule has 7 rings (SSSR count). The number of aliphatic carboxylic acids is 1. The van der Waals surface area contributed by atoms with Gasteiger partial charge in [-0.2, -0.15) is 0 Å². The highest BCUT2D eigenvalue weighted by molar-refractivity contribution is 6.03. The maximum Gasteiger partial charge on any atom is 0.309 e. The minimum absolute atomic E-state index is 0.0137. The van der Waals surface area contributed by atoms with Crippen molar-refractivity contribution in [1.29, 1.82) is 0 Å². The monoisotopic (exact) mass is 741 g/mol. The number of allylic oxidation sites excluding steroid dienone is 1. The van der Waals surface area contributed by atoms with Gasteiger partial charge in [-0.3, -0.25) is 19.2 Å². The van der Waals surface area contributed by atoms with E-state index in [1.165, 1.54) is 0 Å². The second-order valence-corrected chi connectivity index (χ2v) is 19.7. The molecule has 1 aromatic carbocycles. The quantitative estimate of drug-likeness (QED) is 0.254. The molecule has 1 heterocycles. The number of ether oxygens (including phenoxy) is 1. The fraction of sp³-hybridized carbons (Fsp3) is 0.682. The number of carbonyl (C=O) groups excluding carboxylic acids is 3. The summed E-state index contributed by atoms with van der Waals surface area (Å²) in [6, 6.07) is 9.38. The molecule has 5 aliphatic carbocycles. The van der Waals surface area contributed by atoms with E-state index in [2.05, 4.69) is 64.0 Å². The smallest absolute Gasteiger partial charge is 0.309 e. The summed E-state index contributed by atoms with van der Waals surface area (Å²) in [5, 5.41) is 21.2. The number of benzene rings is 1. The zero-order valence-electron chi connectivity index (χ0n) is 33.6. The number of esters is 1. The Morgan fingerprint density at radius 3 is 2.30 bits per heavy atom. The lowest BCUT2D eigenvalue weighted by Crippen LogP contribution is -2.67. The van der Waals surface area contributed by atoms with Crippen molar-refractivity contribution in [3.8, 4) is 11.5 Å². The van der Waals surface area contributed by atoms with Crippen molar-refractivity contribution >= 4 is 23.6 Å². The third-order valence-corrected chi connectivity index (χ3v) is 15.8. The van der Waals surface area contributed by atoms with Crippen LogP contribution in [-0.2, 0) is 19.1 Å². The molecule has 2 N–H and O–H groups in total. The fourth-order valence-electron chi connectivity index (χ4n) is 12.9. The maximum absolute atomic E-state index is 14.0. The van der Waals surface area contributed by atoms with E-state index < -0.39 is 28.8 Å². The third kappa shape index (κ3) is 5.70. The molecule has 10 heteroatoms. The second-order valence-electron chi connectivity index (χ2n) is 19.7. The van der Waals surface area contributed by atoms with Crippen LogP contribution < -0.4 is 5.32 Å². The van der Waals surface area contributed by atoms with Gasteiger partial charge in [0.25, 0.3) is 0 Å². The molecule has 4 fully saturated rings. The summed E-state index contributed by atoms with van der Waals surface area (Å²) in [6.07, 6.45) is 7.08. The standard InChI is InChI=1S/C44H59N3O7/c1-25(2)33-28(48)23-44(45-35(50)37-47-46-36(54-37)26-13-11-10-12-14-26)22-21-42(8)27(34(33)44)15-16-30-41(7)19-18-31(53-32(49)24-39(3,4)38(51)52)40(5,6)29(41)17-20-43(30,42)9/h10-14,25,27,29-31H,15-24H2,1-9H3,(H,45,50)(H,51,52)/t27?,29?,30?,31-,41-,42+,43+,44+/m0/s1. The van der Waals surface area contributed by atoms with Gasteiger partial charge in [0.05, 0.1) is 17.4 Å². The molecule has 292 valence electrons. The van der Waals surface area contributed by atoms with E-state index in [1.54, 1.807) is 13.8 Å². The summed E-state index contributed by atoms with van der Waals surface area (Å²) < 4.78 is 12.0. The van der Waals surface area contributed by atoms with E-state index in [0.717, 1.165) is 61.7 Å². The normalized spacial score (nSPS) is 35.8. The minimum Gasteiger partial charge on any atom is -0.481 e. The Hall–Kier alpha value is -3.82. The van der Waals surface area contributed by atoms with Crippen molar-refractivity contribution in [2.75, 3.05) is 0 Å². The van der Waals surface area contributed by atoms with Crippen LogP contribution in [0, 0.1) is 50.7 Å². The van der Waals surface area contributed by atoms with E-state index in [0.29, 0.717) is 18.3 Å². The predicted octanol–water partition coefficient (Wildman–Crippen LogP) is 8.61. The molecule has 5 aliphatic rings. The molecule has 4 saturated carbocycles. The van der Waals surface area contributed by atoms with Crippen LogP contribution in [0.15, 0.2) is 45.9 Å². The van der Waals surface area contributed by atoms with E-state index in [-0.39, 0.29) is 70.0 Å². The van der Waals surface area contributed by atoms with Gasteiger partial charge in [0.15, 0.2) is 5.78 Å². The number of Topliss-reactive ketones (excluding diaryl/α,β-unsaturated/α-hetero) is 1. The Kier molecular flexibility index (Phi) is 9.17. The van der Waals surface area contributed by atoms with Crippen molar-refractivity contribution in [3.63, 3.8) is 0 Å². The number of hydrogen-bond acceptors (Lipinski definition) is 8. The molecule has 8 atom stereocenters. The van der Waals surface area contributed by atoms with E-state index in [9.17, 15) is 24.3 Å². The predicted molar refractivity (Wildman–Crippen MR) is 203 cm³/mol. The first-order valence-electron chi connectivity index (χ1n) is 20.1. The van der Waals surface area contributed by atoms with Gasteiger partial charge >= 0.3 is 23.7 Å². The van der Waals surface area contributed by atoms with Crippen LogP contribution in [0.3, 0.4) is 0 Å². The number of nitrogens with one attached hydrogen (secondary N) is 1. The number of nitrogens with zero attached hydrogens (tertiary/aromatic N) is 2. The molecule has 0 bridgehead atoms. The minimum atomic E-state index is -1.18. The van der Waals surface area contributed by atoms with Crippen LogP contribution in [0.25, 0.3) is 11.5 Å². The van der Waals surface area contributed by atoms with Crippen LogP contribution in [0.1, 0.15) is 137 Å². The zero-order valence-corrected chi connectivity index (χ0v) is 33.6. The topological polar surface area (TPSA) is 149 Å². The SMILES string of the molecule is CC(C)C1=C2C3CCC4[C@@]5(C)CC[C@H](OC(=O)CC(C)(C)C(=O)O)C(C)(C)C5CC[C@@]4(C)[C@]3(C)CC[C@@]2(NC(=O)c2nnc(-c3ccccc3)o2)CC1=O. The van der Waals surface area contributed by atoms with Crippen molar-refractivity contribution in [1.82, 2.24) is 15.5 Å². The van der Waals surface area contributed by atoms with Gasteiger partial charge in [0.2, 0.25) is 5.89 Å². The van der Waals surface area contributed by atoms with Crippen LogP contribution in [0.5, 0.6) is 0 Å². The van der Waals surface area contributed by atoms with Gasteiger partial charge < -0.3 is 19.6 Å². The van der Waals surface area contributed by atoms with Gasteiger partial charge in [0.1, 0.15) is 6.10 Å². The first-order valence-corrected chi connectivity index (χ1v) is 20.1. The van der Waals surface area contributed by atoms with Crippen molar-refractivity contribution in [3.05, 3.63) is 47.4 Å². The number of aromatic nitrogens is 2. The lowest BCUT2D eigenvalue weighted by atomic mass is 9.33. The average molecular weight is 742 g/mol. The number of hydrogen-bond donors (Lipinski definition) is 2. The Balaban J connectivity index is 1.16. The molecule has 0 saturated heterocycles. The number of carboxylic acids is 1. The Morgan fingerprint density at radius 1 is 0.926 bits per heavy atom. The third-order valence-electron chi connectivity index (χ3n) is 15.8. The van der Waals surface area contributed by atoms with Crippen molar-refractivity contribution < 1.29 is 33.4 Å². The summed E-state index contributed by atoms with van der Waals surface area (Å²) in [4.78, 5) is 52.8. The second kappa shape index (κ2) is 12.9. The summed E-state index contributed by atoms with van der Waals surface area (Å²) in [7, 11) is 0. The van der Waals surface area contributed by atoms with Gasteiger partial charge in [-0.25, -0.2) is 0 Å². The van der Waals surface area contributed by atoms with E-state index in [4.69, 9.17) is 9.15 Å². The zero-order chi connectivity index (χ0) is 39.2. The Labute approximate surface area is 319 Å². The Bertz CT molecular complexity index is 1900. The molecular formula is C44H59N3O7. The van der Waals surface area contributed by atoms with Crippen LogP contribution in [-0.4, -0.2) is 50.6 Å². The van der Waals surface area contributed by atoms with Gasteiger partial charge in [-0.05, 0) is 128 Å². The highest BCUT2D eigenvalue weighted by Crippen LogP contribution is 2.76. The van der Waals surface area contributed by atoms with Crippen LogP contribution >= 0.6 is 0 Å². The molecule has 1 aromatic heterocycles. The van der Waals surface area contributed by atoms with E-state index >= 15 is 0 Å². The first-order chi connectivity index (χ1) is 25.2. The molecule has 54 heavy (non-hydrogen) atoms. The average Bonchev–Trinajstić information content (AvgIpc) is 3.70. The summed E-state index contributed by atoms with van der Waals surface area (Å²) in [5.74, 6) is -0.639. The number of carboxylic acid groups (broad SMARTS) is 1. The number of ketones is 1. The summed E-state index contributed by atoms with van der Waals surface area (Å²) in [6.45, 7) is 19.3. The molecular weight excluding hydrogens is 682 g/mol. The van der Waals surface area contributed by atoms with E-state index in [1.807, 2.05) is 30.3 Å². The summed E-state index contributed by atoms with van der Waals surface area (Å²) in [5.41, 5.74) is 0.423. The molecule has 0 aliphatic heterocycles. The van der Waals surface area contributed by atoms with Gasteiger partial charge in [0, 0.05) is 17.4 Å². The van der Waals surface area contributed by atoms with Gasteiger partial charge in [-0.1, -0.05) is 66.7 Å². The number of amides is 1. The highest BCUT2D eigenvalue weighted by Gasteiger charge is 2.70. The molecule has 3 unspecified atom stereocenters. The maximum atomic E-state index is 14.0. The number of carbonyl (C=O) groups is 4. The molecule has 10 nitrogen and oxygen atoms in total. The number of rotatable bonds is 8. The Morgan fingerprint density at radius 2 is 1.63 bits per heavy atom. The lowest BCUT2D eigenvalue weighted by molar-refractivity contribution is -0.232.